The Hall–Kier alpha value is -1.83. The molecule has 0 saturated heterocycles. The van der Waals surface area contributed by atoms with Crippen LogP contribution in [0.5, 0.6) is 0 Å². The molecule has 2 aromatic heterocycles. The van der Waals surface area contributed by atoms with Crippen LogP contribution in [-0.4, -0.2) is 37.4 Å². The number of hydrogen-bond acceptors (Lipinski definition) is 5. The molecule has 1 amide bonds. The lowest BCUT2D eigenvalue weighted by Crippen LogP contribution is -2.39. The van der Waals surface area contributed by atoms with Crippen LogP contribution >= 0.6 is 34.7 Å². The van der Waals surface area contributed by atoms with Gasteiger partial charge >= 0.3 is 0 Å². The maximum Gasteiger partial charge on any atom is 0.236 e. The highest BCUT2D eigenvalue weighted by Crippen LogP contribution is 2.39. The SMILES string of the molecule is CC(Sc1nnc(-c2ccccc2Cl)n1C1CCCC1)C(=O)N1CCc2sccc2C1. The summed E-state index contributed by atoms with van der Waals surface area (Å²) in [5.41, 5.74) is 2.19. The van der Waals surface area contributed by atoms with Gasteiger partial charge in [0.25, 0.3) is 0 Å². The Balaban J connectivity index is 1.40. The molecular weight excluding hydrogens is 448 g/mol. The molecule has 2 aliphatic rings. The normalized spacial score (nSPS) is 17.7. The van der Waals surface area contributed by atoms with E-state index in [-0.39, 0.29) is 11.2 Å². The highest BCUT2D eigenvalue weighted by molar-refractivity contribution is 8.00. The van der Waals surface area contributed by atoms with Crippen molar-refractivity contribution in [1.82, 2.24) is 19.7 Å². The number of halogens is 1. The molecule has 0 radical (unpaired) electrons. The van der Waals surface area contributed by atoms with E-state index in [4.69, 9.17) is 11.6 Å². The number of nitrogens with zero attached hydrogens (tertiary/aromatic N) is 4. The lowest BCUT2D eigenvalue weighted by molar-refractivity contribution is -0.131. The van der Waals surface area contributed by atoms with Gasteiger partial charge in [0.2, 0.25) is 5.91 Å². The first kappa shape index (κ1) is 21.0. The fourth-order valence-corrected chi connectivity index (χ4v) is 6.69. The van der Waals surface area contributed by atoms with E-state index in [0.717, 1.165) is 42.4 Å². The smallest absolute Gasteiger partial charge is 0.236 e. The molecule has 1 aliphatic heterocycles. The second-order valence-corrected chi connectivity index (χ2v) is 10.9. The Labute approximate surface area is 195 Å². The first-order valence-corrected chi connectivity index (χ1v) is 13.0. The van der Waals surface area contributed by atoms with E-state index in [2.05, 4.69) is 26.2 Å². The van der Waals surface area contributed by atoms with Crippen molar-refractivity contribution in [2.24, 2.45) is 0 Å². The van der Waals surface area contributed by atoms with Crippen LogP contribution in [-0.2, 0) is 17.8 Å². The molecule has 1 aromatic carbocycles. The Kier molecular flexibility index (Phi) is 6.08. The van der Waals surface area contributed by atoms with Crippen molar-refractivity contribution in [2.45, 2.75) is 62.0 Å². The van der Waals surface area contributed by atoms with Crippen molar-refractivity contribution in [1.29, 1.82) is 0 Å². The summed E-state index contributed by atoms with van der Waals surface area (Å²) in [6, 6.07) is 10.3. The third-order valence-corrected chi connectivity index (χ3v) is 8.62. The summed E-state index contributed by atoms with van der Waals surface area (Å²) in [5.74, 6) is 0.975. The summed E-state index contributed by atoms with van der Waals surface area (Å²) in [6.45, 7) is 3.49. The van der Waals surface area contributed by atoms with Gasteiger partial charge in [0, 0.05) is 29.6 Å². The highest BCUT2D eigenvalue weighted by atomic mass is 35.5. The molecule has 5 nitrogen and oxygen atoms in total. The summed E-state index contributed by atoms with van der Waals surface area (Å²) in [6.07, 6.45) is 5.59. The molecule has 1 saturated carbocycles. The van der Waals surface area contributed by atoms with Crippen molar-refractivity contribution >= 4 is 40.6 Å². The van der Waals surface area contributed by atoms with Gasteiger partial charge in [-0.3, -0.25) is 9.36 Å². The lowest BCUT2D eigenvalue weighted by Gasteiger charge is -2.29. The van der Waals surface area contributed by atoms with E-state index in [0.29, 0.717) is 17.6 Å². The number of hydrogen-bond donors (Lipinski definition) is 0. The molecule has 8 heteroatoms. The van der Waals surface area contributed by atoms with E-state index in [9.17, 15) is 4.79 Å². The summed E-state index contributed by atoms with van der Waals surface area (Å²) < 4.78 is 2.23. The average Bonchev–Trinajstić information content (AvgIpc) is 3.53. The van der Waals surface area contributed by atoms with Crippen LogP contribution in [0.2, 0.25) is 5.02 Å². The van der Waals surface area contributed by atoms with E-state index in [1.54, 1.807) is 11.3 Å². The van der Waals surface area contributed by atoms with Gasteiger partial charge in [0.05, 0.1) is 10.3 Å². The monoisotopic (exact) mass is 472 g/mol. The summed E-state index contributed by atoms with van der Waals surface area (Å²) in [7, 11) is 0. The van der Waals surface area contributed by atoms with Gasteiger partial charge in [-0.15, -0.1) is 21.5 Å². The van der Waals surface area contributed by atoms with Crippen molar-refractivity contribution in [3.63, 3.8) is 0 Å². The molecule has 5 rings (SSSR count). The number of amides is 1. The van der Waals surface area contributed by atoms with Gasteiger partial charge in [-0.25, -0.2) is 0 Å². The first-order valence-electron chi connectivity index (χ1n) is 10.8. The lowest BCUT2D eigenvalue weighted by atomic mass is 10.1. The largest absolute Gasteiger partial charge is 0.337 e. The Morgan fingerprint density at radius 2 is 2.03 bits per heavy atom. The summed E-state index contributed by atoms with van der Waals surface area (Å²) >= 11 is 9.80. The molecule has 1 fully saturated rings. The zero-order chi connectivity index (χ0) is 21.4. The molecular formula is C23H25ClN4OS2. The molecule has 162 valence electrons. The van der Waals surface area contributed by atoms with Crippen molar-refractivity contribution in [3.05, 3.63) is 51.2 Å². The fourth-order valence-electron chi connectivity index (χ4n) is 4.58. The number of carbonyl (C=O) groups excluding carboxylic acids is 1. The van der Waals surface area contributed by atoms with E-state index in [1.807, 2.05) is 36.1 Å². The third-order valence-electron chi connectivity index (χ3n) is 6.22. The minimum absolute atomic E-state index is 0.169. The summed E-state index contributed by atoms with van der Waals surface area (Å²) in [5, 5.41) is 12.4. The average molecular weight is 473 g/mol. The van der Waals surface area contributed by atoms with Gasteiger partial charge in [-0.05, 0) is 55.3 Å². The van der Waals surface area contributed by atoms with Gasteiger partial charge in [0.1, 0.15) is 0 Å². The maximum atomic E-state index is 13.2. The van der Waals surface area contributed by atoms with Crippen LogP contribution in [0.3, 0.4) is 0 Å². The minimum Gasteiger partial charge on any atom is -0.337 e. The molecule has 0 N–H and O–H groups in total. The van der Waals surface area contributed by atoms with Crippen molar-refractivity contribution in [2.75, 3.05) is 6.54 Å². The second kappa shape index (κ2) is 8.96. The topological polar surface area (TPSA) is 51.0 Å². The molecule has 31 heavy (non-hydrogen) atoms. The number of fused-ring (bicyclic) bond motifs is 1. The van der Waals surface area contributed by atoms with Crippen molar-refractivity contribution < 1.29 is 4.79 Å². The van der Waals surface area contributed by atoms with Crippen LogP contribution in [0.4, 0.5) is 0 Å². The molecule has 0 bridgehead atoms. The number of aromatic nitrogens is 3. The van der Waals surface area contributed by atoms with E-state index < -0.39 is 0 Å². The van der Waals surface area contributed by atoms with Crippen LogP contribution in [0.15, 0.2) is 40.9 Å². The predicted molar refractivity (Wildman–Crippen MR) is 127 cm³/mol. The zero-order valence-corrected chi connectivity index (χ0v) is 19.8. The van der Waals surface area contributed by atoms with Crippen molar-refractivity contribution in [3.8, 4) is 11.4 Å². The Bertz CT molecular complexity index is 1090. The molecule has 1 aliphatic carbocycles. The second-order valence-electron chi connectivity index (χ2n) is 8.23. The van der Waals surface area contributed by atoms with Gasteiger partial charge in [-0.2, -0.15) is 0 Å². The maximum absolute atomic E-state index is 13.2. The van der Waals surface area contributed by atoms with Crippen LogP contribution < -0.4 is 0 Å². The number of rotatable bonds is 5. The van der Waals surface area contributed by atoms with Crippen LogP contribution in [0, 0.1) is 0 Å². The molecule has 3 heterocycles. The molecule has 0 spiro atoms. The number of thioether (sulfide) groups is 1. The number of thiophene rings is 1. The quantitative estimate of drug-likeness (QED) is 0.437. The first-order chi connectivity index (χ1) is 15.1. The van der Waals surface area contributed by atoms with E-state index in [1.165, 1.54) is 35.0 Å². The third kappa shape index (κ3) is 4.15. The van der Waals surface area contributed by atoms with Crippen LogP contribution in [0.25, 0.3) is 11.4 Å². The predicted octanol–water partition coefficient (Wildman–Crippen LogP) is 5.84. The van der Waals surface area contributed by atoms with E-state index >= 15 is 0 Å². The molecule has 3 aromatic rings. The molecule has 1 unspecified atom stereocenters. The fraction of sp³-hybridized carbons (Fsp3) is 0.435. The Morgan fingerprint density at radius 1 is 1.23 bits per heavy atom. The van der Waals surface area contributed by atoms with Gasteiger partial charge in [0.15, 0.2) is 11.0 Å². The minimum atomic E-state index is -0.219. The number of carbonyl (C=O) groups is 1. The van der Waals surface area contributed by atoms with Gasteiger partial charge < -0.3 is 4.90 Å². The zero-order valence-electron chi connectivity index (χ0n) is 17.5. The molecule has 1 atom stereocenters. The Morgan fingerprint density at radius 3 is 2.84 bits per heavy atom. The van der Waals surface area contributed by atoms with Crippen LogP contribution in [0.1, 0.15) is 49.1 Å². The standard InChI is InChI=1S/C23H25ClN4OS2/c1-15(22(29)27-12-10-20-16(14-27)11-13-30-20)31-23-26-25-21(18-8-4-5-9-19(18)24)28(23)17-6-2-3-7-17/h4-5,8-9,11,13,15,17H,2-3,6-7,10,12,14H2,1H3. The van der Waals surface area contributed by atoms with Gasteiger partial charge in [-0.1, -0.05) is 48.3 Å². The summed E-state index contributed by atoms with van der Waals surface area (Å²) in [4.78, 5) is 16.6. The number of benzene rings is 1. The highest BCUT2D eigenvalue weighted by Gasteiger charge is 2.30.